The topological polar surface area (TPSA) is 83.7 Å². The van der Waals surface area contributed by atoms with Crippen LogP contribution in [0.15, 0.2) is 29.2 Å². The van der Waals surface area contributed by atoms with Crippen molar-refractivity contribution in [2.75, 3.05) is 6.54 Å². The van der Waals surface area contributed by atoms with E-state index in [1.165, 1.54) is 0 Å². The molecule has 2 aliphatic rings. The molecular formula is C16H15F3N6O. The number of aryl methyl sites for hydroxylation is 1. The van der Waals surface area contributed by atoms with Gasteiger partial charge in [-0.15, -0.1) is 10.2 Å². The highest BCUT2D eigenvalue weighted by molar-refractivity contribution is 6.09. The Hall–Kier alpha value is -2.91. The van der Waals surface area contributed by atoms with E-state index in [1.54, 1.807) is 16.8 Å². The number of hydrogen-bond donors (Lipinski definition) is 2. The van der Waals surface area contributed by atoms with Crippen molar-refractivity contribution in [1.29, 1.82) is 0 Å². The van der Waals surface area contributed by atoms with Gasteiger partial charge >= 0.3 is 6.18 Å². The van der Waals surface area contributed by atoms with Crippen LogP contribution in [-0.2, 0) is 6.42 Å². The molecule has 4 rings (SSSR count). The Balaban J connectivity index is 1.60. The summed E-state index contributed by atoms with van der Waals surface area (Å²) in [7, 11) is 0. The van der Waals surface area contributed by atoms with Gasteiger partial charge in [0.15, 0.2) is 5.65 Å². The zero-order valence-electron chi connectivity index (χ0n) is 13.8. The van der Waals surface area contributed by atoms with E-state index in [0.29, 0.717) is 17.1 Å². The second-order valence-electron chi connectivity index (χ2n) is 6.35. The van der Waals surface area contributed by atoms with Crippen molar-refractivity contribution in [2.24, 2.45) is 4.99 Å². The van der Waals surface area contributed by atoms with Crippen LogP contribution in [0.3, 0.4) is 0 Å². The first-order valence-corrected chi connectivity index (χ1v) is 8.08. The number of aliphatic imine (C=N–C) groups is 1. The Labute approximate surface area is 146 Å². The van der Waals surface area contributed by atoms with Gasteiger partial charge in [0.25, 0.3) is 5.91 Å². The summed E-state index contributed by atoms with van der Waals surface area (Å²) in [5, 5.41) is 12.8. The van der Waals surface area contributed by atoms with Crippen LogP contribution in [0.5, 0.6) is 0 Å². The molecule has 0 radical (unpaired) electrons. The molecule has 1 aliphatic carbocycles. The Morgan fingerprint density at radius 2 is 2.23 bits per heavy atom. The summed E-state index contributed by atoms with van der Waals surface area (Å²) in [6.07, 6.45) is -0.215. The van der Waals surface area contributed by atoms with Crippen LogP contribution in [0.25, 0.3) is 5.65 Å². The van der Waals surface area contributed by atoms with E-state index >= 15 is 0 Å². The first-order valence-electron chi connectivity index (χ1n) is 8.08. The van der Waals surface area contributed by atoms with Crippen LogP contribution < -0.4 is 10.6 Å². The molecule has 1 aliphatic heterocycles. The Morgan fingerprint density at radius 3 is 2.92 bits per heavy atom. The first kappa shape index (κ1) is 16.6. The summed E-state index contributed by atoms with van der Waals surface area (Å²) in [5.74, 6) is -0.222. The number of halogens is 3. The Morgan fingerprint density at radius 1 is 1.42 bits per heavy atom. The quantitative estimate of drug-likeness (QED) is 0.810. The van der Waals surface area contributed by atoms with E-state index in [9.17, 15) is 18.0 Å². The zero-order valence-corrected chi connectivity index (χ0v) is 13.8. The van der Waals surface area contributed by atoms with E-state index < -0.39 is 24.2 Å². The van der Waals surface area contributed by atoms with Crippen molar-refractivity contribution < 1.29 is 18.0 Å². The number of carbonyl (C=O) groups excluding carboxylic acids is 1. The number of hydrogen-bond acceptors (Lipinski definition) is 5. The number of pyridine rings is 1. The number of carbonyl (C=O) groups is 1. The van der Waals surface area contributed by atoms with Crippen LogP contribution in [0, 0.1) is 0 Å². The monoisotopic (exact) mass is 364 g/mol. The predicted molar refractivity (Wildman–Crippen MR) is 86.8 cm³/mol. The van der Waals surface area contributed by atoms with Gasteiger partial charge in [0, 0.05) is 11.9 Å². The number of rotatable bonds is 1. The molecule has 0 saturated carbocycles. The summed E-state index contributed by atoms with van der Waals surface area (Å²) >= 11 is 0. The third-order valence-electron chi connectivity index (χ3n) is 4.69. The summed E-state index contributed by atoms with van der Waals surface area (Å²) in [5.41, 5.74) is 2.06. The molecule has 1 atom stereocenters. The van der Waals surface area contributed by atoms with E-state index in [0.717, 1.165) is 30.3 Å². The normalized spacial score (nSPS) is 19.6. The molecule has 1 amide bonds. The third-order valence-corrected chi connectivity index (χ3v) is 4.69. The van der Waals surface area contributed by atoms with Crippen molar-refractivity contribution in [3.63, 3.8) is 0 Å². The Kier molecular flexibility index (Phi) is 3.70. The highest BCUT2D eigenvalue weighted by Gasteiger charge is 2.34. The van der Waals surface area contributed by atoms with E-state index in [2.05, 4.69) is 32.7 Å². The van der Waals surface area contributed by atoms with Gasteiger partial charge in [-0.25, -0.2) is 4.99 Å². The molecule has 136 valence electrons. The number of fused-ring (bicyclic) bond motifs is 3. The molecule has 0 fully saturated rings. The maximum Gasteiger partial charge on any atom is 0.415 e. The standard InChI is InChI=1S/C16H15F3N6O/c1-8-2-3-12-10(8)4-11(13-24-22-7-25(12)13)14(26)23-15-20-5-9(6-21-15)16(17,18)19/h4-5,7-8H,2-3,6H2,1H3,(H2,20,21,23,26)/t8-/m1/s1. The molecule has 26 heavy (non-hydrogen) atoms. The lowest BCUT2D eigenvalue weighted by Gasteiger charge is -2.17. The molecule has 10 heteroatoms. The van der Waals surface area contributed by atoms with Crippen LogP contribution in [0.1, 0.15) is 40.9 Å². The number of aromatic nitrogens is 3. The fourth-order valence-electron chi connectivity index (χ4n) is 3.26. The minimum absolute atomic E-state index is 0.0331. The minimum Gasteiger partial charge on any atom is -0.332 e. The van der Waals surface area contributed by atoms with Crippen molar-refractivity contribution in [1.82, 2.24) is 25.2 Å². The maximum atomic E-state index is 12.7. The van der Waals surface area contributed by atoms with Gasteiger partial charge in [0.1, 0.15) is 6.33 Å². The van der Waals surface area contributed by atoms with Gasteiger partial charge in [-0.3, -0.25) is 14.5 Å². The summed E-state index contributed by atoms with van der Waals surface area (Å²) in [4.78, 5) is 16.4. The number of nitrogens with zero attached hydrogens (tertiary/aromatic N) is 4. The highest BCUT2D eigenvalue weighted by atomic mass is 19.4. The maximum absolute atomic E-state index is 12.7. The molecule has 0 saturated heterocycles. The second-order valence-corrected chi connectivity index (χ2v) is 6.35. The van der Waals surface area contributed by atoms with Gasteiger partial charge in [0.2, 0.25) is 5.96 Å². The second kappa shape index (κ2) is 5.82. The molecule has 0 spiro atoms. The van der Waals surface area contributed by atoms with Crippen molar-refractivity contribution in [3.05, 3.63) is 41.0 Å². The number of nitrogens with one attached hydrogen (secondary N) is 2. The molecule has 0 aromatic carbocycles. The van der Waals surface area contributed by atoms with Crippen molar-refractivity contribution in [2.45, 2.75) is 31.9 Å². The fraction of sp³-hybridized carbons (Fsp3) is 0.375. The zero-order chi connectivity index (χ0) is 18.5. The minimum atomic E-state index is -4.45. The lowest BCUT2D eigenvalue weighted by Crippen LogP contribution is -2.41. The average molecular weight is 364 g/mol. The van der Waals surface area contributed by atoms with Crippen molar-refractivity contribution >= 4 is 17.5 Å². The third kappa shape index (κ3) is 2.71. The smallest absolute Gasteiger partial charge is 0.332 e. The summed E-state index contributed by atoms with van der Waals surface area (Å²) in [6.45, 7) is 1.54. The molecule has 2 aromatic rings. The van der Waals surface area contributed by atoms with Crippen LogP contribution in [-0.4, -0.2) is 39.2 Å². The predicted octanol–water partition coefficient (Wildman–Crippen LogP) is 1.91. The molecule has 0 unspecified atom stereocenters. The molecule has 3 heterocycles. The molecule has 2 N–H and O–H groups in total. The lowest BCUT2D eigenvalue weighted by molar-refractivity contribution is -0.0926. The highest BCUT2D eigenvalue weighted by Crippen LogP contribution is 2.34. The van der Waals surface area contributed by atoms with Crippen LogP contribution >= 0.6 is 0 Å². The average Bonchev–Trinajstić information content (AvgIpc) is 3.20. The van der Waals surface area contributed by atoms with Gasteiger partial charge < -0.3 is 5.32 Å². The lowest BCUT2D eigenvalue weighted by atomic mass is 10.0. The molecule has 0 bridgehead atoms. The molecule has 2 aromatic heterocycles. The fourth-order valence-corrected chi connectivity index (χ4v) is 3.26. The number of guanidine groups is 1. The van der Waals surface area contributed by atoms with Crippen LogP contribution in [0.4, 0.5) is 13.2 Å². The number of alkyl halides is 3. The molecular weight excluding hydrogens is 349 g/mol. The Bertz CT molecular complexity index is 959. The van der Waals surface area contributed by atoms with Gasteiger partial charge in [-0.1, -0.05) is 6.92 Å². The van der Waals surface area contributed by atoms with E-state index in [4.69, 9.17) is 0 Å². The van der Waals surface area contributed by atoms with Crippen molar-refractivity contribution in [3.8, 4) is 0 Å². The van der Waals surface area contributed by atoms with E-state index in [-0.39, 0.29) is 5.96 Å². The first-order chi connectivity index (χ1) is 12.3. The van der Waals surface area contributed by atoms with Gasteiger partial charge in [0.05, 0.1) is 17.7 Å². The molecule has 7 nitrogen and oxygen atoms in total. The summed E-state index contributed by atoms with van der Waals surface area (Å²) < 4.78 is 39.6. The van der Waals surface area contributed by atoms with E-state index in [1.807, 2.05) is 0 Å². The van der Waals surface area contributed by atoms with Gasteiger partial charge in [-0.2, -0.15) is 13.2 Å². The van der Waals surface area contributed by atoms with Gasteiger partial charge in [-0.05, 0) is 30.4 Å². The largest absolute Gasteiger partial charge is 0.415 e. The SMILES string of the molecule is C[C@@H]1CCc2c1cc(C(=O)NC1=NCC(C(F)(F)F)=CN1)c1nncn21. The van der Waals surface area contributed by atoms with Crippen LogP contribution in [0.2, 0.25) is 0 Å². The number of amides is 1. The summed E-state index contributed by atoms with van der Waals surface area (Å²) in [6, 6.07) is 1.78.